The zero-order chi connectivity index (χ0) is 13.7. The third-order valence-corrected chi connectivity index (χ3v) is 3.99. The van der Waals surface area contributed by atoms with Crippen LogP contribution >= 0.6 is 0 Å². The van der Waals surface area contributed by atoms with E-state index in [1.54, 1.807) is 0 Å². The van der Waals surface area contributed by atoms with Gasteiger partial charge in [0.15, 0.2) is 0 Å². The van der Waals surface area contributed by atoms with Crippen molar-refractivity contribution in [2.45, 2.75) is 64.5 Å². The Balaban J connectivity index is 2.01. The molecule has 0 saturated carbocycles. The van der Waals surface area contributed by atoms with Gasteiger partial charge in [-0.25, -0.2) is 0 Å². The molecule has 1 aliphatic heterocycles. The van der Waals surface area contributed by atoms with Crippen LogP contribution in [0.25, 0.3) is 0 Å². The monoisotopic (exact) mass is 259 g/mol. The number of unbranched alkanes of at least 4 members (excludes halogenated alkanes) is 1. The lowest BCUT2D eigenvalue weighted by molar-refractivity contribution is 0.365. The maximum atomic E-state index is 8.21. The number of hydrogen-bond donors (Lipinski definition) is 2. The number of aryl methyl sites for hydroxylation is 1. The van der Waals surface area contributed by atoms with Crippen molar-refractivity contribution < 1.29 is 0 Å². The second kappa shape index (κ2) is 6.80. The first-order valence-corrected chi connectivity index (χ1v) is 7.47. The summed E-state index contributed by atoms with van der Waals surface area (Å²) in [5, 5.41) is 11.8. The van der Waals surface area contributed by atoms with E-state index in [0.29, 0.717) is 6.04 Å². The van der Waals surface area contributed by atoms with Crippen LogP contribution in [0.5, 0.6) is 0 Å². The van der Waals surface area contributed by atoms with Crippen molar-refractivity contribution in [1.29, 1.82) is 5.41 Å². The smallest absolute Gasteiger partial charge is 0.0602 e. The molecule has 0 radical (unpaired) electrons. The summed E-state index contributed by atoms with van der Waals surface area (Å²) in [5.74, 6) is 0. The van der Waals surface area contributed by atoms with Gasteiger partial charge in [-0.05, 0) is 50.7 Å². The van der Waals surface area contributed by atoms with Gasteiger partial charge in [0.05, 0.1) is 11.7 Å². The average molecular weight is 259 g/mol. The van der Waals surface area contributed by atoms with E-state index in [9.17, 15) is 0 Å². The predicted octanol–water partition coefficient (Wildman–Crippen LogP) is 3.78. The molecule has 2 N–H and O–H groups in total. The van der Waals surface area contributed by atoms with Crippen molar-refractivity contribution in [2.75, 3.05) is 0 Å². The molecule has 1 aromatic rings. The van der Waals surface area contributed by atoms with Crippen molar-refractivity contribution in [3.63, 3.8) is 0 Å². The Hall–Kier alpha value is -1.22. The summed E-state index contributed by atoms with van der Waals surface area (Å²) in [6, 6.07) is 4.69. The van der Waals surface area contributed by atoms with Crippen LogP contribution < -0.4 is 5.32 Å². The van der Waals surface area contributed by atoms with E-state index >= 15 is 0 Å². The third-order valence-electron chi connectivity index (χ3n) is 3.99. The quantitative estimate of drug-likeness (QED) is 0.790. The Morgan fingerprint density at radius 2 is 2.32 bits per heavy atom. The predicted molar refractivity (Wildman–Crippen MR) is 79.7 cm³/mol. The fourth-order valence-electron chi connectivity index (χ4n) is 2.83. The molecular formula is C16H25N3. The minimum absolute atomic E-state index is 0.256. The molecule has 1 aliphatic rings. The first kappa shape index (κ1) is 14.2. The van der Waals surface area contributed by atoms with Crippen molar-refractivity contribution in [2.24, 2.45) is 0 Å². The van der Waals surface area contributed by atoms with Gasteiger partial charge in [0.1, 0.15) is 0 Å². The first-order chi connectivity index (χ1) is 9.22. The zero-order valence-corrected chi connectivity index (χ0v) is 12.1. The molecule has 0 amide bonds. The number of piperidine rings is 1. The highest BCUT2D eigenvalue weighted by Crippen LogP contribution is 2.27. The maximum Gasteiger partial charge on any atom is 0.0602 e. The second-order valence-corrected chi connectivity index (χ2v) is 5.54. The fourth-order valence-corrected chi connectivity index (χ4v) is 2.83. The summed E-state index contributed by atoms with van der Waals surface area (Å²) in [6.45, 7) is 4.30. The van der Waals surface area contributed by atoms with Crippen LogP contribution in [0.1, 0.15) is 62.7 Å². The van der Waals surface area contributed by atoms with E-state index in [-0.39, 0.29) is 6.04 Å². The molecule has 0 aromatic carbocycles. The van der Waals surface area contributed by atoms with Gasteiger partial charge < -0.3 is 10.7 Å². The van der Waals surface area contributed by atoms with Crippen LogP contribution in [0.15, 0.2) is 18.3 Å². The summed E-state index contributed by atoms with van der Waals surface area (Å²) >= 11 is 0. The van der Waals surface area contributed by atoms with Gasteiger partial charge in [0.2, 0.25) is 0 Å². The summed E-state index contributed by atoms with van der Waals surface area (Å²) in [5.41, 5.74) is 3.29. The number of hydrogen-bond acceptors (Lipinski definition) is 3. The number of rotatable bonds is 5. The molecule has 1 saturated heterocycles. The van der Waals surface area contributed by atoms with Gasteiger partial charge in [-0.15, -0.1) is 0 Å². The van der Waals surface area contributed by atoms with Gasteiger partial charge in [-0.2, -0.15) is 0 Å². The molecular weight excluding hydrogens is 234 g/mol. The number of aromatic nitrogens is 1. The lowest BCUT2D eigenvalue weighted by Gasteiger charge is -2.32. The molecule has 2 unspecified atom stereocenters. The number of nitrogens with zero attached hydrogens (tertiary/aromatic N) is 1. The van der Waals surface area contributed by atoms with Gasteiger partial charge in [-0.3, -0.25) is 4.98 Å². The van der Waals surface area contributed by atoms with Crippen LogP contribution in [0, 0.1) is 12.3 Å². The molecule has 2 atom stereocenters. The Morgan fingerprint density at radius 3 is 3.05 bits per heavy atom. The maximum absolute atomic E-state index is 8.21. The van der Waals surface area contributed by atoms with Crippen LogP contribution in [0.4, 0.5) is 0 Å². The van der Waals surface area contributed by atoms with E-state index in [0.717, 1.165) is 43.5 Å². The topological polar surface area (TPSA) is 48.8 Å². The lowest BCUT2D eigenvalue weighted by Crippen LogP contribution is -2.42. The number of pyridine rings is 1. The van der Waals surface area contributed by atoms with Crippen LogP contribution in [0.2, 0.25) is 0 Å². The average Bonchev–Trinajstić information content (AvgIpc) is 2.45. The molecule has 2 heterocycles. The van der Waals surface area contributed by atoms with Gasteiger partial charge in [-0.1, -0.05) is 19.4 Å². The van der Waals surface area contributed by atoms with Crippen molar-refractivity contribution in [3.8, 4) is 0 Å². The highest BCUT2D eigenvalue weighted by Gasteiger charge is 2.26. The van der Waals surface area contributed by atoms with Crippen molar-refractivity contribution in [1.82, 2.24) is 10.3 Å². The Morgan fingerprint density at radius 1 is 1.47 bits per heavy atom. The van der Waals surface area contributed by atoms with Gasteiger partial charge >= 0.3 is 0 Å². The molecule has 2 rings (SSSR count). The Bertz CT molecular complexity index is 428. The molecule has 1 fully saturated rings. The van der Waals surface area contributed by atoms with Crippen LogP contribution in [-0.4, -0.2) is 16.7 Å². The first-order valence-electron chi connectivity index (χ1n) is 7.47. The molecule has 19 heavy (non-hydrogen) atoms. The normalized spacial score (nSPS) is 23.3. The molecule has 0 aliphatic carbocycles. The highest BCUT2D eigenvalue weighted by molar-refractivity contribution is 5.86. The minimum Gasteiger partial charge on any atom is -0.308 e. The fraction of sp³-hybridized carbons (Fsp3) is 0.625. The summed E-state index contributed by atoms with van der Waals surface area (Å²) in [6.07, 6.45) is 8.52. The molecule has 1 aromatic heterocycles. The summed E-state index contributed by atoms with van der Waals surface area (Å²) < 4.78 is 0. The zero-order valence-electron chi connectivity index (χ0n) is 12.1. The minimum atomic E-state index is 0.256. The van der Waals surface area contributed by atoms with E-state index in [2.05, 4.69) is 30.2 Å². The Labute approximate surface area is 116 Å². The summed E-state index contributed by atoms with van der Waals surface area (Å²) in [4.78, 5) is 4.52. The van der Waals surface area contributed by atoms with E-state index < -0.39 is 0 Å². The standard InChI is InChI=1S/C16H25N3/c1-3-4-8-13(17)14-9-5-10-15(19-14)16-12(2)7-6-11-18-16/h6-7,11,14-15,17,19H,3-5,8-10H2,1-2H3. The number of nitrogens with one attached hydrogen (secondary N) is 2. The van der Waals surface area contributed by atoms with E-state index in [4.69, 9.17) is 5.41 Å². The molecule has 3 nitrogen and oxygen atoms in total. The van der Waals surface area contributed by atoms with Crippen molar-refractivity contribution in [3.05, 3.63) is 29.6 Å². The second-order valence-electron chi connectivity index (χ2n) is 5.54. The Kier molecular flexibility index (Phi) is 5.08. The molecule has 3 heteroatoms. The molecule has 104 valence electrons. The van der Waals surface area contributed by atoms with E-state index in [1.165, 1.54) is 12.0 Å². The van der Waals surface area contributed by atoms with Crippen LogP contribution in [0.3, 0.4) is 0 Å². The molecule has 0 spiro atoms. The van der Waals surface area contributed by atoms with Crippen LogP contribution in [-0.2, 0) is 0 Å². The van der Waals surface area contributed by atoms with Crippen molar-refractivity contribution >= 4 is 5.71 Å². The SMILES string of the molecule is CCCCC(=N)C1CCCC(c2ncccc2C)N1. The third kappa shape index (κ3) is 3.63. The van der Waals surface area contributed by atoms with Gasteiger partial charge in [0, 0.05) is 18.0 Å². The highest BCUT2D eigenvalue weighted by atomic mass is 15.0. The largest absolute Gasteiger partial charge is 0.308 e. The lowest BCUT2D eigenvalue weighted by atomic mass is 9.91. The summed E-state index contributed by atoms with van der Waals surface area (Å²) in [7, 11) is 0. The van der Waals surface area contributed by atoms with E-state index in [1.807, 2.05) is 12.3 Å². The molecule has 0 bridgehead atoms. The van der Waals surface area contributed by atoms with Gasteiger partial charge in [0.25, 0.3) is 0 Å².